The Labute approximate surface area is 185 Å². The summed E-state index contributed by atoms with van der Waals surface area (Å²) in [6.07, 6.45) is -0.743. The Morgan fingerprint density at radius 1 is 1.16 bits per heavy atom. The van der Waals surface area contributed by atoms with Crippen molar-refractivity contribution in [2.24, 2.45) is 4.99 Å². The molecule has 3 aliphatic heterocycles. The largest absolute Gasteiger partial charge is 0.401 e. The van der Waals surface area contributed by atoms with Crippen LogP contribution in [0.3, 0.4) is 0 Å². The molecule has 168 valence electrons. The van der Waals surface area contributed by atoms with Crippen molar-refractivity contribution in [3.63, 3.8) is 0 Å². The van der Waals surface area contributed by atoms with Crippen LogP contribution in [-0.4, -0.2) is 58.3 Å². The maximum absolute atomic E-state index is 12.9. The third-order valence-electron chi connectivity index (χ3n) is 6.59. The van der Waals surface area contributed by atoms with Crippen molar-refractivity contribution in [2.45, 2.75) is 51.5 Å². The highest BCUT2D eigenvalue weighted by Crippen LogP contribution is 2.32. The minimum absolute atomic E-state index is 0.000191. The number of aromatic nitrogens is 1. The van der Waals surface area contributed by atoms with Crippen LogP contribution >= 0.6 is 0 Å². The second-order valence-corrected chi connectivity index (χ2v) is 8.97. The van der Waals surface area contributed by atoms with Crippen LogP contribution in [0.4, 0.5) is 13.2 Å². The minimum Gasteiger partial charge on any atom is -0.334 e. The van der Waals surface area contributed by atoms with Crippen molar-refractivity contribution >= 4 is 11.6 Å². The Morgan fingerprint density at radius 3 is 2.78 bits per heavy atom. The predicted octanol–water partition coefficient (Wildman–Crippen LogP) is 3.65. The van der Waals surface area contributed by atoms with Crippen molar-refractivity contribution < 1.29 is 18.0 Å². The summed E-state index contributed by atoms with van der Waals surface area (Å²) in [4.78, 5) is 25.1. The first-order valence-corrected chi connectivity index (χ1v) is 11.0. The molecule has 1 fully saturated rings. The monoisotopic (exact) mass is 442 g/mol. The van der Waals surface area contributed by atoms with Gasteiger partial charge in [0.2, 0.25) is 5.91 Å². The van der Waals surface area contributed by atoms with Gasteiger partial charge in [-0.3, -0.25) is 19.7 Å². The molecule has 0 saturated carbocycles. The van der Waals surface area contributed by atoms with Gasteiger partial charge in [-0.2, -0.15) is 13.2 Å². The smallest absolute Gasteiger partial charge is 0.334 e. The number of nitrogens with zero attached hydrogens (tertiary/aromatic N) is 4. The van der Waals surface area contributed by atoms with E-state index in [1.807, 2.05) is 19.1 Å². The van der Waals surface area contributed by atoms with E-state index in [-0.39, 0.29) is 18.5 Å². The summed E-state index contributed by atoms with van der Waals surface area (Å²) in [5.74, 6) is 0.000191. The van der Waals surface area contributed by atoms with E-state index in [0.29, 0.717) is 32.5 Å². The summed E-state index contributed by atoms with van der Waals surface area (Å²) < 4.78 is 38.6. The molecule has 5 nitrogen and oxygen atoms in total. The highest BCUT2D eigenvalue weighted by atomic mass is 19.4. The zero-order chi connectivity index (χ0) is 22.5. The molecule has 8 heteroatoms. The molecule has 1 amide bonds. The molecule has 4 heterocycles. The first-order chi connectivity index (χ1) is 15.3. The number of hydrogen-bond acceptors (Lipinski definition) is 4. The first kappa shape index (κ1) is 21.1. The Hall–Kier alpha value is -2.74. The second kappa shape index (κ2) is 7.99. The predicted molar refractivity (Wildman–Crippen MR) is 115 cm³/mol. The van der Waals surface area contributed by atoms with Gasteiger partial charge in [0.15, 0.2) is 0 Å². The van der Waals surface area contributed by atoms with Gasteiger partial charge in [0.05, 0.1) is 25.2 Å². The molecule has 0 N–H and O–H groups in total. The number of alkyl halides is 3. The van der Waals surface area contributed by atoms with Crippen molar-refractivity contribution in [1.82, 2.24) is 14.8 Å². The fourth-order valence-corrected chi connectivity index (χ4v) is 5.14. The number of likely N-dealkylation sites (tertiary alicyclic amines) is 1. The zero-order valence-corrected chi connectivity index (χ0v) is 18.0. The number of aliphatic imine (C=N–C) groups is 1. The number of benzene rings is 1. The van der Waals surface area contributed by atoms with Gasteiger partial charge >= 0.3 is 6.18 Å². The third kappa shape index (κ3) is 4.16. The van der Waals surface area contributed by atoms with E-state index in [0.717, 1.165) is 45.6 Å². The van der Waals surface area contributed by atoms with Crippen LogP contribution in [0.2, 0.25) is 0 Å². The quantitative estimate of drug-likeness (QED) is 0.729. The number of halogens is 3. The number of amides is 1. The van der Waals surface area contributed by atoms with Crippen molar-refractivity contribution in [3.05, 3.63) is 64.0 Å². The number of carbonyl (C=O) groups excluding carboxylic acids is 1. The molecule has 0 unspecified atom stereocenters. The number of carbonyl (C=O) groups is 1. The van der Waals surface area contributed by atoms with Crippen molar-refractivity contribution in [2.75, 3.05) is 19.6 Å². The van der Waals surface area contributed by atoms with E-state index in [4.69, 9.17) is 4.99 Å². The number of fused-ring (bicyclic) bond motifs is 2. The summed E-state index contributed by atoms with van der Waals surface area (Å²) >= 11 is 0. The maximum Gasteiger partial charge on any atom is 0.401 e. The molecule has 1 aromatic heterocycles. The van der Waals surface area contributed by atoms with Crippen LogP contribution in [-0.2, 0) is 24.3 Å². The number of pyridine rings is 1. The normalized spacial score (nSPS) is 21.4. The van der Waals surface area contributed by atoms with E-state index in [1.165, 1.54) is 4.90 Å². The van der Waals surface area contributed by atoms with Gasteiger partial charge < -0.3 is 4.90 Å². The van der Waals surface area contributed by atoms with Crippen molar-refractivity contribution in [1.29, 1.82) is 0 Å². The van der Waals surface area contributed by atoms with E-state index in [9.17, 15) is 18.0 Å². The zero-order valence-electron chi connectivity index (χ0n) is 18.0. The lowest BCUT2D eigenvalue weighted by Crippen LogP contribution is -2.53. The standard InChI is InChI=1S/C24H25F3N4O/c1-15-7-16(4-5-28-15)23-21-9-19-12-31(22(32)10-17(19)8-18(21)11-29-23)20-3-2-6-30(13-20)14-24(25,26)27/h4-5,7-9,20H,2-3,6,10-14H2,1H3/t20-/m1/s1. The molecule has 5 rings (SSSR count). The third-order valence-corrected chi connectivity index (χ3v) is 6.59. The maximum atomic E-state index is 12.9. The average molecular weight is 442 g/mol. The van der Waals surface area contributed by atoms with E-state index in [2.05, 4.69) is 17.1 Å². The van der Waals surface area contributed by atoms with E-state index >= 15 is 0 Å². The van der Waals surface area contributed by atoms with Gasteiger partial charge in [-0.25, -0.2) is 0 Å². The number of piperidine rings is 1. The van der Waals surface area contributed by atoms with Crippen LogP contribution < -0.4 is 0 Å². The van der Waals surface area contributed by atoms with Gasteiger partial charge in [-0.05, 0) is 61.2 Å². The molecular formula is C24H25F3N4O. The lowest BCUT2D eigenvalue weighted by atomic mass is 9.90. The average Bonchev–Trinajstić information content (AvgIpc) is 3.13. The Bertz CT molecular complexity index is 1100. The SMILES string of the molecule is Cc1cc(C2=NCc3cc4c(cc32)CN([C@@H]2CCCN(CC(F)(F)F)C2)C(=O)C4)ccn1. The highest BCUT2D eigenvalue weighted by Gasteiger charge is 2.37. The van der Waals surface area contributed by atoms with E-state index in [1.54, 1.807) is 11.1 Å². The first-order valence-electron chi connectivity index (χ1n) is 11.0. The molecule has 1 aromatic carbocycles. The summed E-state index contributed by atoms with van der Waals surface area (Å²) in [7, 11) is 0. The number of rotatable bonds is 3. The van der Waals surface area contributed by atoms with Crippen molar-refractivity contribution in [3.8, 4) is 0 Å². The van der Waals surface area contributed by atoms with Gasteiger partial charge in [-0.1, -0.05) is 6.07 Å². The topological polar surface area (TPSA) is 48.8 Å². The molecule has 0 bridgehead atoms. The Kier molecular flexibility index (Phi) is 5.28. The van der Waals surface area contributed by atoms with Crippen LogP contribution in [0.1, 0.15) is 46.4 Å². The van der Waals surface area contributed by atoms with Gasteiger partial charge in [0.1, 0.15) is 0 Å². The number of hydrogen-bond donors (Lipinski definition) is 0. The van der Waals surface area contributed by atoms with Crippen LogP contribution in [0.15, 0.2) is 35.5 Å². The number of aryl methyl sites for hydroxylation is 1. The van der Waals surface area contributed by atoms with E-state index < -0.39 is 12.7 Å². The summed E-state index contributed by atoms with van der Waals surface area (Å²) in [6, 6.07) is 7.99. The molecule has 2 aromatic rings. The summed E-state index contributed by atoms with van der Waals surface area (Å²) in [6.45, 7) is 2.76. The Morgan fingerprint density at radius 2 is 2.00 bits per heavy atom. The fraction of sp³-hybridized carbons (Fsp3) is 0.458. The fourth-order valence-electron chi connectivity index (χ4n) is 5.14. The lowest BCUT2D eigenvalue weighted by molar-refractivity contribution is -0.152. The molecule has 3 aliphatic rings. The minimum atomic E-state index is -4.22. The Balaban J connectivity index is 1.39. The molecule has 0 spiro atoms. The molecular weight excluding hydrogens is 417 g/mol. The molecule has 32 heavy (non-hydrogen) atoms. The van der Waals surface area contributed by atoms with Gasteiger partial charge in [0.25, 0.3) is 0 Å². The molecule has 1 atom stereocenters. The van der Waals surface area contributed by atoms with Gasteiger partial charge in [0, 0.05) is 42.1 Å². The summed E-state index contributed by atoms with van der Waals surface area (Å²) in [5.41, 5.74) is 7.15. The highest BCUT2D eigenvalue weighted by molar-refractivity contribution is 6.15. The molecule has 0 aliphatic carbocycles. The summed E-state index contributed by atoms with van der Waals surface area (Å²) in [5, 5.41) is 0. The lowest BCUT2D eigenvalue weighted by Gasteiger charge is -2.41. The molecule has 0 radical (unpaired) electrons. The van der Waals surface area contributed by atoms with Crippen LogP contribution in [0.5, 0.6) is 0 Å². The second-order valence-electron chi connectivity index (χ2n) is 8.97. The van der Waals surface area contributed by atoms with Crippen LogP contribution in [0, 0.1) is 6.92 Å². The van der Waals surface area contributed by atoms with Gasteiger partial charge in [-0.15, -0.1) is 0 Å². The molecule has 1 saturated heterocycles. The van der Waals surface area contributed by atoms with Crippen LogP contribution in [0.25, 0.3) is 0 Å².